The highest BCUT2D eigenvalue weighted by atomic mass is 16.5. The molecule has 1 rings (SSSR count). The molecule has 84 valence electrons. The van der Waals surface area contributed by atoms with Gasteiger partial charge >= 0.3 is 0 Å². The maximum absolute atomic E-state index is 5.20. The summed E-state index contributed by atoms with van der Waals surface area (Å²) in [6.07, 6.45) is 1.74. The van der Waals surface area contributed by atoms with Gasteiger partial charge in [-0.15, -0.1) is 0 Å². The summed E-state index contributed by atoms with van der Waals surface area (Å²) in [7, 11) is 3.30. The quantitative estimate of drug-likeness (QED) is 0.756. The largest absolute Gasteiger partial charge is 0.382 e. The van der Waals surface area contributed by atoms with Crippen molar-refractivity contribution >= 4 is 5.95 Å². The van der Waals surface area contributed by atoms with Crippen LogP contribution < -0.4 is 5.32 Å². The van der Waals surface area contributed by atoms with Crippen LogP contribution in [0.5, 0.6) is 0 Å². The smallest absolute Gasteiger partial charge is 0.222 e. The molecule has 1 aromatic heterocycles. The molecule has 0 fully saturated rings. The van der Waals surface area contributed by atoms with Gasteiger partial charge < -0.3 is 14.8 Å². The summed E-state index contributed by atoms with van der Waals surface area (Å²) in [6.45, 7) is 3.11. The van der Waals surface area contributed by atoms with E-state index >= 15 is 0 Å². The van der Waals surface area contributed by atoms with Gasteiger partial charge in [-0.1, -0.05) is 0 Å². The zero-order valence-electron chi connectivity index (χ0n) is 9.36. The van der Waals surface area contributed by atoms with E-state index in [1.54, 1.807) is 20.4 Å². The minimum atomic E-state index is 0.0131. The zero-order valence-corrected chi connectivity index (χ0v) is 9.36. The molecule has 0 spiro atoms. The summed E-state index contributed by atoms with van der Waals surface area (Å²) in [4.78, 5) is 8.31. The second kappa shape index (κ2) is 6.31. The lowest BCUT2D eigenvalue weighted by molar-refractivity contribution is 0.0365. The number of aryl methyl sites for hydroxylation is 1. The topological polar surface area (TPSA) is 56.3 Å². The van der Waals surface area contributed by atoms with Gasteiger partial charge in [0.25, 0.3) is 0 Å². The van der Waals surface area contributed by atoms with Gasteiger partial charge in [-0.2, -0.15) is 0 Å². The van der Waals surface area contributed by atoms with E-state index in [1.165, 1.54) is 0 Å². The Morgan fingerprint density at radius 2 is 2.27 bits per heavy atom. The molecule has 0 saturated carbocycles. The maximum atomic E-state index is 5.20. The van der Waals surface area contributed by atoms with Crippen LogP contribution in [0.25, 0.3) is 0 Å². The molecule has 5 nitrogen and oxygen atoms in total. The van der Waals surface area contributed by atoms with Gasteiger partial charge in [0.1, 0.15) is 0 Å². The predicted octanol–water partition coefficient (Wildman–Crippen LogP) is 0.858. The summed E-state index contributed by atoms with van der Waals surface area (Å²) in [5, 5.41) is 3.09. The van der Waals surface area contributed by atoms with Gasteiger partial charge in [-0.25, -0.2) is 9.97 Å². The first kappa shape index (κ1) is 11.9. The molecule has 0 saturated heterocycles. The molecule has 0 aliphatic carbocycles. The fraction of sp³-hybridized carbons (Fsp3) is 0.600. The SMILES string of the molecule is COCC(CNc1nccc(C)n1)OC. The normalized spacial score (nSPS) is 12.5. The minimum Gasteiger partial charge on any atom is -0.382 e. The van der Waals surface area contributed by atoms with Gasteiger partial charge in [-0.3, -0.25) is 0 Å². The van der Waals surface area contributed by atoms with Crippen LogP contribution >= 0.6 is 0 Å². The Morgan fingerprint density at radius 1 is 1.47 bits per heavy atom. The van der Waals surface area contributed by atoms with Crippen molar-refractivity contribution in [2.45, 2.75) is 13.0 Å². The maximum Gasteiger partial charge on any atom is 0.222 e. The third-order valence-corrected chi connectivity index (χ3v) is 1.97. The van der Waals surface area contributed by atoms with E-state index in [-0.39, 0.29) is 6.10 Å². The Labute approximate surface area is 89.8 Å². The molecule has 0 aliphatic heterocycles. The summed E-state index contributed by atoms with van der Waals surface area (Å²) in [6, 6.07) is 1.86. The van der Waals surface area contributed by atoms with E-state index in [0.717, 1.165) is 5.69 Å². The van der Waals surface area contributed by atoms with Crippen molar-refractivity contribution < 1.29 is 9.47 Å². The van der Waals surface area contributed by atoms with Crippen molar-refractivity contribution in [3.63, 3.8) is 0 Å². The standard InChI is InChI=1S/C10H17N3O2/c1-8-4-5-11-10(13-8)12-6-9(15-3)7-14-2/h4-5,9H,6-7H2,1-3H3,(H,11,12,13). The van der Waals surface area contributed by atoms with E-state index in [4.69, 9.17) is 9.47 Å². The number of anilines is 1. The number of nitrogens with zero attached hydrogens (tertiary/aromatic N) is 2. The summed E-state index contributed by atoms with van der Waals surface area (Å²) >= 11 is 0. The highest BCUT2D eigenvalue weighted by Gasteiger charge is 2.06. The lowest BCUT2D eigenvalue weighted by Crippen LogP contribution is -2.27. The Hall–Kier alpha value is -1.20. The van der Waals surface area contributed by atoms with Gasteiger partial charge in [-0.05, 0) is 13.0 Å². The first-order valence-corrected chi connectivity index (χ1v) is 4.81. The van der Waals surface area contributed by atoms with Gasteiger partial charge in [0.2, 0.25) is 5.95 Å². The van der Waals surface area contributed by atoms with Crippen LogP contribution in [0, 0.1) is 6.92 Å². The molecule has 1 heterocycles. The molecule has 1 aromatic rings. The third kappa shape index (κ3) is 4.22. The van der Waals surface area contributed by atoms with E-state index in [2.05, 4.69) is 15.3 Å². The van der Waals surface area contributed by atoms with E-state index in [0.29, 0.717) is 19.1 Å². The number of hydrogen-bond donors (Lipinski definition) is 1. The number of methoxy groups -OCH3 is 2. The molecular weight excluding hydrogens is 194 g/mol. The average Bonchev–Trinajstić information content (AvgIpc) is 2.24. The monoisotopic (exact) mass is 211 g/mol. The Balaban J connectivity index is 2.41. The Bertz CT molecular complexity index is 294. The third-order valence-electron chi connectivity index (χ3n) is 1.97. The number of ether oxygens (including phenoxy) is 2. The second-order valence-electron chi connectivity index (χ2n) is 3.22. The summed E-state index contributed by atoms with van der Waals surface area (Å²) in [5.41, 5.74) is 0.938. The van der Waals surface area contributed by atoms with Crippen LogP contribution in [-0.4, -0.2) is 43.4 Å². The van der Waals surface area contributed by atoms with E-state index in [1.807, 2.05) is 13.0 Å². The molecule has 0 radical (unpaired) electrons. The molecule has 0 aromatic carbocycles. The number of rotatable bonds is 6. The van der Waals surface area contributed by atoms with Crippen molar-refractivity contribution in [1.82, 2.24) is 9.97 Å². The molecule has 0 bridgehead atoms. The average molecular weight is 211 g/mol. The van der Waals surface area contributed by atoms with Crippen molar-refractivity contribution in [1.29, 1.82) is 0 Å². The lowest BCUT2D eigenvalue weighted by Gasteiger charge is -2.14. The summed E-state index contributed by atoms with van der Waals surface area (Å²) < 4.78 is 10.2. The molecule has 1 atom stereocenters. The van der Waals surface area contributed by atoms with Crippen molar-refractivity contribution in [2.24, 2.45) is 0 Å². The van der Waals surface area contributed by atoms with Crippen molar-refractivity contribution in [3.05, 3.63) is 18.0 Å². The van der Waals surface area contributed by atoms with Gasteiger partial charge in [0.15, 0.2) is 0 Å². The second-order valence-corrected chi connectivity index (χ2v) is 3.22. The van der Waals surface area contributed by atoms with Crippen molar-refractivity contribution in [3.8, 4) is 0 Å². The predicted molar refractivity (Wildman–Crippen MR) is 57.9 cm³/mol. The van der Waals surface area contributed by atoms with Crippen LogP contribution in [0.3, 0.4) is 0 Å². The molecule has 0 aliphatic rings. The highest BCUT2D eigenvalue weighted by Crippen LogP contribution is 2.00. The zero-order chi connectivity index (χ0) is 11.1. The van der Waals surface area contributed by atoms with Crippen LogP contribution in [-0.2, 0) is 9.47 Å². The van der Waals surface area contributed by atoms with E-state index in [9.17, 15) is 0 Å². The number of hydrogen-bond acceptors (Lipinski definition) is 5. The van der Waals surface area contributed by atoms with Gasteiger partial charge in [0.05, 0.1) is 12.7 Å². The van der Waals surface area contributed by atoms with Crippen LogP contribution in [0.15, 0.2) is 12.3 Å². The first-order valence-electron chi connectivity index (χ1n) is 4.81. The molecule has 5 heteroatoms. The van der Waals surface area contributed by atoms with Crippen LogP contribution in [0.4, 0.5) is 5.95 Å². The van der Waals surface area contributed by atoms with Crippen LogP contribution in [0.1, 0.15) is 5.69 Å². The van der Waals surface area contributed by atoms with Crippen LogP contribution in [0.2, 0.25) is 0 Å². The lowest BCUT2D eigenvalue weighted by atomic mass is 10.4. The van der Waals surface area contributed by atoms with Gasteiger partial charge in [0, 0.05) is 32.7 Å². The molecule has 0 amide bonds. The first-order chi connectivity index (χ1) is 7.26. The number of aromatic nitrogens is 2. The Kier molecular flexibility index (Phi) is 5.00. The molecule has 1 N–H and O–H groups in total. The fourth-order valence-electron chi connectivity index (χ4n) is 1.14. The highest BCUT2D eigenvalue weighted by molar-refractivity contribution is 5.24. The molecular formula is C10H17N3O2. The minimum absolute atomic E-state index is 0.0131. The summed E-state index contributed by atoms with van der Waals surface area (Å²) in [5.74, 6) is 0.619. The van der Waals surface area contributed by atoms with Crippen molar-refractivity contribution in [2.75, 3.05) is 32.7 Å². The molecule has 15 heavy (non-hydrogen) atoms. The van der Waals surface area contributed by atoms with E-state index < -0.39 is 0 Å². The fourth-order valence-corrected chi connectivity index (χ4v) is 1.14. The Morgan fingerprint density at radius 3 is 2.87 bits per heavy atom. The number of nitrogens with one attached hydrogen (secondary N) is 1. The molecule has 1 unspecified atom stereocenters.